The van der Waals surface area contributed by atoms with E-state index in [1.165, 1.54) is 11.1 Å². The van der Waals surface area contributed by atoms with Crippen LogP contribution in [0, 0.1) is 0 Å². The molecule has 1 saturated heterocycles. The summed E-state index contributed by atoms with van der Waals surface area (Å²) in [6.45, 7) is 1.86. The summed E-state index contributed by atoms with van der Waals surface area (Å²) in [5, 5.41) is 3.36. The lowest BCUT2D eigenvalue weighted by Gasteiger charge is -2.26. The van der Waals surface area contributed by atoms with Crippen molar-refractivity contribution in [3.63, 3.8) is 0 Å². The molecule has 0 bridgehead atoms. The van der Waals surface area contributed by atoms with Gasteiger partial charge in [-0.1, -0.05) is 12.1 Å². The largest absolute Gasteiger partial charge is 0.490 e. The predicted molar refractivity (Wildman–Crippen MR) is 74.2 cm³/mol. The molecular weight excluding hydrogens is 262 g/mol. The Labute approximate surface area is 114 Å². The van der Waals surface area contributed by atoms with Crippen molar-refractivity contribution in [3.05, 3.63) is 29.3 Å². The summed E-state index contributed by atoms with van der Waals surface area (Å²) in [5.74, 6) is 1.43. The molecule has 1 aromatic rings. The highest BCUT2D eigenvalue weighted by atomic mass is 32.2. The third-order valence-electron chi connectivity index (χ3n) is 3.90. The monoisotopic (exact) mass is 281 g/mol. The quantitative estimate of drug-likeness (QED) is 0.887. The molecule has 4 nitrogen and oxygen atoms in total. The minimum atomic E-state index is -2.82. The van der Waals surface area contributed by atoms with Gasteiger partial charge in [0.05, 0.1) is 11.5 Å². The van der Waals surface area contributed by atoms with Gasteiger partial charge in [0, 0.05) is 12.1 Å². The van der Waals surface area contributed by atoms with Crippen molar-refractivity contribution in [1.29, 1.82) is 0 Å². The Hall–Kier alpha value is -1.07. The highest BCUT2D eigenvalue weighted by Crippen LogP contribution is 2.28. The van der Waals surface area contributed by atoms with E-state index in [0.29, 0.717) is 12.8 Å². The maximum absolute atomic E-state index is 11.4. The number of hydrogen-bond acceptors (Lipinski definition) is 4. The SMILES string of the molecule is O=S1(=O)CCC(Oc2cccc3c2CNCC3)CC1. The van der Waals surface area contributed by atoms with E-state index in [-0.39, 0.29) is 17.6 Å². The molecule has 1 aromatic carbocycles. The topological polar surface area (TPSA) is 55.4 Å². The molecule has 5 heteroatoms. The first-order valence-corrected chi connectivity index (χ1v) is 8.65. The molecule has 2 heterocycles. The zero-order chi connectivity index (χ0) is 13.3. The molecule has 0 aromatic heterocycles. The zero-order valence-electron chi connectivity index (χ0n) is 10.9. The molecule has 3 rings (SSSR count). The van der Waals surface area contributed by atoms with Gasteiger partial charge >= 0.3 is 0 Å². The molecule has 0 radical (unpaired) electrons. The highest BCUT2D eigenvalue weighted by Gasteiger charge is 2.25. The Balaban J connectivity index is 1.74. The number of nitrogens with one attached hydrogen (secondary N) is 1. The van der Waals surface area contributed by atoms with Gasteiger partial charge in [-0.05, 0) is 37.4 Å². The summed E-state index contributed by atoms with van der Waals surface area (Å²) in [6, 6.07) is 6.17. The number of sulfone groups is 1. The normalized spacial score (nSPS) is 22.7. The van der Waals surface area contributed by atoms with E-state index in [2.05, 4.69) is 11.4 Å². The van der Waals surface area contributed by atoms with Gasteiger partial charge in [0.15, 0.2) is 9.84 Å². The van der Waals surface area contributed by atoms with E-state index in [1.54, 1.807) is 0 Å². The fourth-order valence-corrected chi connectivity index (χ4v) is 4.21. The molecule has 2 aliphatic rings. The van der Waals surface area contributed by atoms with Crippen LogP contribution in [0.1, 0.15) is 24.0 Å². The molecule has 19 heavy (non-hydrogen) atoms. The number of benzene rings is 1. The van der Waals surface area contributed by atoms with Gasteiger partial charge in [-0.2, -0.15) is 0 Å². The van der Waals surface area contributed by atoms with Gasteiger partial charge in [-0.15, -0.1) is 0 Å². The molecule has 2 aliphatic heterocycles. The van der Waals surface area contributed by atoms with E-state index in [1.807, 2.05) is 12.1 Å². The first kappa shape index (κ1) is 12.9. The zero-order valence-corrected chi connectivity index (χ0v) is 11.7. The van der Waals surface area contributed by atoms with Crippen molar-refractivity contribution in [2.45, 2.75) is 31.9 Å². The van der Waals surface area contributed by atoms with Crippen molar-refractivity contribution in [2.75, 3.05) is 18.1 Å². The summed E-state index contributed by atoms with van der Waals surface area (Å²) >= 11 is 0. The number of rotatable bonds is 2. The molecule has 0 spiro atoms. The van der Waals surface area contributed by atoms with Crippen LogP contribution in [0.3, 0.4) is 0 Å². The lowest BCUT2D eigenvalue weighted by atomic mass is 10.00. The second-order valence-electron chi connectivity index (χ2n) is 5.29. The standard InChI is InChI=1S/C14H19NO3S/c16-19(17)8-5-12(6-9-19)18-14-3-1-2-11-4-7-15-10-13(11)14/h1-3,12,15H,4-10H2. The smallest absolute Gasteiger partial charge is 0.150 e. The second-order valence-corrected chi connectivity index (χ2v) is 7.59. The average Bonchev–Trinajstić information content (AvgIpc) is 2.42. The van der Waals surface area contributed by atoms with Gasteiger partial charge in [0.1, 0.15) is 11.9 Å². The molecule has 104 valence electrons. The molecule has 0 unspecified atom stereocenters. The number of hydrogen-bond donors (Lipinski definition) is 1. The Morgan fingerprint density at radius 1 is 1.21 bits per heavy atom. The minimum absolute atomic E-state index is 0.0388. The molecular formula is C14H19NO3S. The molecule has 0 amide bonds. The maximum atomic E-state index is 11.4. The lowest BCUT2D eigenvalue weighted by Crippen LogP contribution is -2.31. The van der Waals surface area contributed by atoms with E-state index < -0.39 is 9.84 Å². The third-order valence-corrected chi connectivity index (χ3v) is 5.61. The van der Waals surface area contributed by atoms with Gasteiger partial charge in [-0.25, -0.2) is 8.42 Å². The van der Waals surface area contributed by atoms with E-state index in [9.17, 15) is 8.42 Å². The van der Waals surface area contributed by atoms with Crippen LogP contribution < -0.4 is 10.1 Å². The summed E-state index contributed by atoms with van der Waals surface area (Å²) in [4.78, 5) is 0. The van der Waals surface area contributed by atoms with Crippen molar-refractivity contribution in [1.82, 2.24) is 5.32 Å². The predicted octanol–water partition coefficient (Wildman–Crippen LogP) is 1.29. The average molecular weight is 281 g/mol. The van der Waals surface area contributed by atoms with Crippen LogP contribution in [0.5, 0.6) is 5.75 Å². The Kier molecular flexibility index (Phi) is 3.50. The van der Waals surface area contributed by atoms with Crippen LogP contribution in [-0.4, -0.2) is 32.6 Å². The van der Waals surface area contributed by atoms with Gasteiger partial charge < -0.3 is 10.1 Å². The van der Waals surface area contributed by atoms with Crippen LogP contribution >= 0.6 is 0 Å². The van der Waals surface area contributed by atoms with Crippen LogP contribution in [-0.2, 0) is 22.8 Å². The van der Waals surface area contributed by atoms with Crippen LogP contribution in [0.15, 0.2) is 18.2 Å². The summed E-state index contributed by atoms with van der Waals surface area (Å²) in [6.07, 6.45) is 2.29. The van der Waals surface area contributed by atoms with Gasteiger partial charge in [-0.3, -0.25) is 0 Å². The molecule has 1 fully saturated rings. The molecule has 1 N–H and O–H groups in total. The van der Waals surface area contributed by atoms with Crippen molar-refractivity contribution < 1.29 is 13.2 Å². The molecule has 0 saturated carbocycles. The van der Waals surface area contributed by atoms with E-state index in [4.69, 9.17) is 4.74 Å². The Morgan fingerprint density at radius 2 is 2.00 bits per heavy atom. The lowest BCUT2D eigenvalue weighted by molar-refractivity contribution is 0.187. The summed E-state index contributed by atoms with van der Waals surface area (Å²) in [7, 11) is -2.82. The fourth-order valence-electron chi connectivity index (χ4n) is 2.76. The number of fused-ring (bicyclic) bond motifs is 1. The Bertz CT molecular complexity index is 554. The fraction of sp³-hybridized carbons (Fsp3) is 0.571. The third kappa shape index (κ3) is 2.92. The summed E-state index contributed by atoms with van der Waals surface area (Å²) in [5.41, 5.74) is 2.59. The first-order valence-electron chi connectivity index (χ1n) is 6.83. The van der Waals surface area contributed by atoms with Crippen LogP contribution in [0.2, 0.25) is 0 Å². The Morgan fingerprint density at radius 3 is 2.79 bits per heavy atom. The van der Waals surface area contributed by atoms with Crippen molar-refractivity contribution >= 4 is 9.84 Å². The van der Waals surface area contributed by atoms with Gasteiger partial charge in [0.2, 0.25) is 0 Å². The van der Waals surface area contributed by atoms with Crippen molar-refractivity contribution in [3.8, 4) is 5.75 Å². The van der Waals surface area contributed by atoms with Gasteiger partial charge in [0.25, 0.3) is 0 Å². The highest BCUT2D eigenvalue weighted by molar-refractivity contribution is 7.91. The molecule has 0 atom stereocenters. The van der Waals surface area contributed by atoms with Crippen LogP contribution in [0.4, 0.5) is 0 Å². The first-order chi connectivity index (χ1) is 9.14. The van der Waals surface area contributed by atoms with E-state index in [0.717, 1.165) is 25.3 Å². The van der Waals surface area contributed by atoms with E-state index >= 15 is 0 Å². The number of ether oxygens (including phenoxy) is 1. The van der Waals surface area contributed by atoms with Crippen molar-refractivity contribution in [2.24, 2.45) is 0 Å². The maximum Gasteiger partial charge on any atom is 0.150 e. The molecule has 0 aliphatic carbocycles. The summed E-state index contributed by atoms with van der Waals surface area (Å²) < 4.78 is 28.9. The minimum Gasteiger partial charge on any atom is -0.490 e. The van der Waals surface area contributed by atoms with Crippen LogP contribution in [0.25, 0.3) is 0 Å². The second kappa shape index (κ2) is 5.13.